The first kappa shape index (κ1) is 25.4. The van der Waals surface area contributed by atoms with Crippen LogP contribution in [0.25, 0.3) is 11.1 Å². The molecule has 1 aliphatic rings. The molecule has 6 nitrogen and oxygen atoms in total. The molecule has 3 aromatic carbocycles. The van der Waals surface area contributed by atoms with E-state index < -0.39 is 6.29 Å². The van der Waals surface area contributed by atoms with Crippen molar-refractivity contribution >= 4 is 11.8 Å². The molecule has 7 heteroatoms. The Morgan fingerprint density at radius 1 is 0.892 bits per heavy atom. The van der Waals surface area contributed by atoms with E-state index in [-0.39, 0.29) is 18.8 Å². The fourth-order valence-electron chi connectivity index (χ4n) is 4.53. The predicted molar refractivity (Wildman–Crippen MR) is 144 cm³/mol. The third-order valence-electron chi connectivity index (χ3n) is 6.55. The number of nitrogens with zero attached hydrogens (tertiary/aromatic N) is 1. The van der Waals surface area contributed by atoms with Crippen molar-refractivity contribution in [2.75, 3.05) is 5.75 Å². The zero-order valence-corrected chi connectivity index (χ0v) is 21.2. The number of benzene rings is 3. The SMILES string of the molecule is NCc1ccccc1-c1ccc([C@@H]2O[C@H](CSc3cccc[n+]3[O-])C[C@H](c3ccc(CO)cc3)O2)cc1. The van der Waals surface area contributed by atoms with E-state index in [4.69, 9.17) is 15.2 Å². The van der Waals surface area contributed by atoms with Gasteiger partial charge >= 0.3 is 0 Å². The van der Waals surface area contributed by atoms with Crippen LogP contribution in [0.1, 0.15) is 41.1 Å². The summed E-state index contributed by atoms with van der Waals surface area (Å²) in [4.78, 5) is 0. The molecule has 1 fully saturated rings. The zero-order valence-electron chi connectivity index (χ0n) is 20.4. The summed E-state index contributed by atoms with van der Waals surface area (Å²) in [5.41, 5.74) is 12.1. The van der Waals surface area contributed by atoms with Crippen molar-refractivity contribution in [1.82, 2.24) is 0 Å². The van der Waals surface area contributed by atoms with Gasteiger partial charge in [-0.25, -0.2) is 0 Å². The molecule has 2 heterocycles. The van der Waals surface area contributed by atoms with Crippen LogP contribution in [-0.4, -0.2) is 17.0 Å². The zero-order chi connectivity index (χ0) is 25.6. The number of thioether (sulfide) groups is 1. The van der Waals surface area contributed by atoms with Crippen molar-refractivity contribution in [3.8, 4) is 11.1 Å². The fraction of sp³-hybridized carbons (Fsp3) is 0.233. The molecule has 190 valence electrons. The molecule has 3 atom stereocenters. The maximum atomic E-state index is 12.1. The van der Waals surface area contributed by atoms with Gasteiger partial charge in [0.25, 0.3) is 5.03 Å². The van der Waals surface area contributed by atoms with Crippen LogP contribution in [0.5, 0.6) is 0 Å². The Labute approximate surface area is 221 Å². The summed E-state index contributed by atoms with van der Waals surface area (Å²) in [6.07, 6.45) is 1.33. The van der Waals surface area contributed by atoms with Gasteiger partial charge in [-0.2, -0.15) is 4.73 Å². The number of aliphatic hydroxyl groups is 1. The molecule has 0 saturated carbocycles. The second kappa shape index (κ2) is 11.9. The minimum atomic E-state index is -0.546. The molecule has 0 aliphatic carbocycles. The van der Waals surface area contributed by atoms with E-state index in [9.17, 15) is 10.3 Å². The van der Waals surface area contributed by atoms with Crippen LogP contribution in [0, 0.1) is 5.21 Å². The van der Waals surface area contributed by atoms with Crippen LogP contribution in [0.15, 0.2) is 102 Å². The largest absolute Gasteiger partial charge is 0.618 e. The summed E-state index contributed by atoms with van der Waals surface area (Å²) in [7, 11) is 0. The van der Waals surface area contributed by atoms with Crippen molar-refractivity contribution in [1.29, 1.82) is 0 Å². The highest BCUT2D eigenvalue weighted by Crippen LogP contribution is 2.39. The van der Waals surface area contributed by atoms with E-state index >= 15 is 0 Å². The fourth-order valence-corrected chi connectivity index (χ4v) is 5.46. The standard InChI is InChI=1S/C30H30N2O4S/c31-18-25-5-1-2-6-27(25)22-12-14-24(15-13-22)30-35-26(20-37-29-7-3-4-16-32(29)34)17-28(36-30)23-10-8-21(19-33)9-11-23/h1-16,26,28,30,33H,17-20,31H2/t26-,28+,30+/m0/s1. The number of aliphatic hydroxyl groups excluding tert-OH is 1. The normalized spacial score (nSPS) is 19.6. The first-order chi connectivity index (χ1) is 18.1. The summed E-state index contributed by atoms with van der Waals surface area (Å²) in [5, 5.41) is 22.2. The van der Waals surface area contributed by atoms with Gasteiger partial charge in [-0.3, -0.25) is 0 Å². The summed E-state index contributed by atoms with van der Waals surface area (Å²) in [6.45, 7) is 0.482. The van der Waals surface area contributed by atoms with Crippen LogP contribution >= 0.6 is 11.8 Å². The molecule has 4 aromatic rings. The van der Waals surface area contributed by atoms with Gasteiger partial charge in [-0.05, 0) is 33.9 Å². The number of nitrogens with two attached hydrogens (primary N) is 1. The quantitative estimate of drug-likeness (QED) is 0.189. The van der Waals surface area contributed by atoms with Crippen molar-refractivity contribution in [2.45, 2.75) is 43.1 Å². The van der Waals surface area contributed by atoms with E-state index in [2.05, 4.69) is 18.2 Å². The van der Waals surface area contributed by atoms with Gasteiger partial charge in [0, 0.05) is 36.4 Å². The Morgan fingerprint density at radius 2 is 1.62 bits per heavy atom. The smallest absolute Gasteiger partial charge is 0.251 e. The maximum Gasteiger partial charge on any atom is 0.251 e. The van der Waals surface area contributed by atoms with Crippen LogP contribution in [0.4, 0.5) is 0 Å². The number of rotatable bonds is 8. The molecule has 0 unspecified atom stereocenters. The summed E-state index contributed by atoms with van der Waals surface area (Å²) >= 11 is 1.48. The third kappa shape index (κ3) is 6.04. The molecule has 0 spiro atoms. The van der Waals surface area contributed by atoms with Crippen molar-refractivity contribution in [3.05, 3.63) is 125 Å². The van der Waals surface area contributed by atoms with Crippen molar-refractivity contribution in [2.24, 2.45) is 5.73 Å². The van der Waals surface area contributed by atoms with Crippen LogP contribution in [-0.2, 0) is 22.6 Å². The first-order valence-electron chi connectivity index (χ1n) is 12.3. The summed E-state index contributed by atoms with van der Waals surface area (Å²) in [5.74, 6) is 0.624. The highest BCUT2D eigenvalue weighted by atomic mass is 32.2. The van der Waals surface area contributed by atoms with Crippen molar-refractivity contribution < 1.29 is 19.3 Å². The monoisotopic (exact) mass is 514 g/mol. The topological polar surface area (TPSA) is 91.7 Å². The molecule has 1 saturated heterocycles. The van der Waals surface area contributed by atoms with Crippen LogP contribution in [0.3, 0.4) is 0 Å². The number of ether oxygens (including phenoxy) is 2. The Balaban J connectivity index is 1.38. The average molecular weight is 515 g/mol. The van der Waals surface area contributed by atoms with Crippen LogP contribution in [0.2, 0.25) is 0 Å². The minimum absolute atomic E-state index is 0.00269. The Kier molecular flexibility index (Phi) is 8.18. The molecule has 5 rings (SSSR count). The van der Waals surface area contributed by atoms with Crippen molar-refractivity contribution in [3.63, 3.8) is 0 Å². The van der Waals surface area contributed by atoms with E-state index in [0.29, 0.717) is 23.7 Å². The molecule has 1 aromatic heterocycles. The molecule has 1 aliphatic heterocycles. The second-order valence-corrected chi connectivity index (χ2v) is 10.0. The van der Waals surface area contributed by atoms with Crippen LogP contribution < -0.4 is 10.5 Å². The number of hydrogen-bond donors (Lipinski definition) is 2. The van der Waals surface area contributed by atoms with Gasteiger partial charge in [-0.15, -0.1) is 0 Å². The Morgan fingerprint density at radius 3 is 2.35 bits per heavy atom. The van der Waals surface area contributed by atoms with Gasteiger partial charge in [0.05, 0.1) is 18.8 Å². The molecule has 3 N–H and O–H groups in total. The number of pyridine rings is 1. The predicted octanol–water partition coefficient (Wildman–Crippen LogP) is 5.28. The summed E-state index contributed by atoms with van der Waals surface area (Å²) < 4.78 is 13.7. The van der Waals surface area contributed by atoms with Gasteiger partial charge in [0.15, 0.2) is 12.5 Å². The highest BCUT2D eigenvalue weighted by molar-refractivity contribution is 7.99. The molecule has 37 heavy (non-hydrogen) atoms. The number of aromatic nitrogens is 1. The first-order valence-corrected chi connectivity index (χ1v) is 13.3. The minimum Gasteiger partial charge on any atom is -0.618 e. The Hall–Kier alpha value is -3.20. The number of hydrogen-bond acceptors (Lipinski definition) is 6. The van der Waals surface area contributed by atoms with E-state index in [0.717, 1.165) is 38.1 Å². The lowest BCUT2D eigenvalue weighted by atomic mass is 9.98. The van der Waals surface area contributed by atoms with Gasteiger partial charge in [0.1, 0.15) is 0 Å². The molecular weight excluding hydrogens is 484 g/mol. The van der Waals surface area contributed by atoms with Gasteiger partial charge < -0.3 is 25.5 Å². The second-order valence-electron chi connectivity index (χ2n) is 9.01. The molecule has 0 bridgehead atoms. The molecule has 0 radical (unpaired) electrons. The Bertz CT molecular complexity index is 1310. The third-order valence-corrected chi connectivity index (χ3v) is 7.70. The van der Waals surface area contributed by atoms with Gasteiger partial charge in [0.2, 0.25) is 0 Å². The maximum absolute atomic E-state index is 12.1. The lowest BCUT2D eigenvalue weighted by Crippen LogP contribution is -2.32. The lowest BCUT2D eigenvalue weighted by Gasteiger charge is -2.36. The molecule has 0 amide bonds. The van der Waals surface area contributed by atoms with Gasteiger partial charge in [-0.1, -0.05) is 84.6 Å². The average Bonchev–Trinajstić information content (AvgIpc) is 2.96. The van der Waals surface area contributed by atoms with E-state index in [1.54, 1.807) is 6.07 Å². The van der Waals surface area contributed by atoms with E-state index in [1.165, 1.54) is 18.0 Å². The molecular formula is C30H30N2O4S. The van der Waals surface area contributed by atoms with E-state index in [1.807, 2.05) is 66.7 Å². The lowest BCUT2D eigenvalue weighted by molar-refractivity contribution is -0.645. The highest BCUT2D eigenvalue weighted by Gasteiger charge is 2.32. The summed E-state index contributed by atoms with van der Waals surface area (Å²) in [6, 6.07) is 29.6.